The number of aryl methyl sites for hydroxylation is 1. The summed E-state index contributed by atoms with van der Waals surface area (Å²) in [6, 6.07) is 2.75. The minimum atomic E-state index is 0.293. The van der Waals surface area contributed by atoms with Crippen LogP contribution in [0, 0.1) is 12.3 Å². The predicted molar refractivity (Wildman–Crippen MR) is 119 cm³/mol. The van der Waals surface area contributed by atoms with Crippen LogP contribution in [-0.2, 0) is 15.9 Å². The van der Waals surface area contributed by atoms with Crippen molar-refractivity contribution in [2.24, 2.45) is 0 Å². The summed E-state index contributed by atoms with van der Waals surface area (Å²) in [5.74, 6) is 3.98. The number of aromatic nitrogens is 1. The van der Waals surface area contributed by atoms with Crippen molar-refractivity contribution in [1.29, 1.82) is 0 Å². The van der Waals surface area contributed by atoms with Crippen LogP contribution in [0.2, 0.25) is 0 Å². The number of pyridine rings is 1. The highest BCUT2D eigenvalue weighted by atomic mass is 32.1. The molecule has 3 heterocycles. The van der Waals surface area contributed by atoms with E-state index in [1.807, 2.05) is 17.5 Å². The highest BCUT2D eigenvalue weighted by Crippen LogP contribution is 2.47. The van der Waals surface area contributed by atoms with Crippen LogP contribution in [0.15, 0.2) is 12.3 Å². The van der Waals surface area contributed by atoms with Gasteiger partial charge in [0.15, 0.2) is 0 Å². The Balaban J connectivity index is 1.29. The third kappa shape index (κ3) is 4.09. The molecule has 0 radical (unpaired) electrons. The van der Waals surface area contributed by atoms with Crippen LogP contribution < -0.4 is 4.74 Å². The standard InChI is InChI=1S/C24H30N2O3S/c1-2-13-28-16-17-3-8-21-22(17)23-20(9-10-25-24(23)30-21)29-19-6-4-18(5-7-19)26-11-14-27-15-12-26/h1,9-10,17-19H,3-8,11-16H2/t17-,18-,19-/m1/s1. The summed E-state index contributed by atoms with van der Waals surface area (Å²) in [5, 5.41) is 1.22. The molecule has 0 amide bonds. The Bertz CT molecular complexity index is 907. The molecular formula is C24H30N2O3S. The van der Waals surface area contributed by atoms with Crippen molar-refractivity contribution in [3.8, 4) is 18.1 Å². The second kappa shape index (κ2) is 9.23. The van der Waals surface area contributed by atoms with Gasteiger partial charge < -0.3 is 14.2 Å². The van der Waals surface area contributed by atoms with Crippen LogP contribution in [0.1, 0.15) is 48.5 Å². The van der Waals surface area contributed by atoms with Crippen LogP contribution in [0.25, 0.3) is 10.2 Å². The molecule has 30 heavy (non-hydrogen) atoms. The Hall–Kier alpha value is -1.65. The lowest BCUT2D eigenvalue weighted by atomic mass is 9.91. The van der Waals surface area contributed by atoms with Gasteiger partial charge in [-0.3, -0.25) is 4.90 Å². The van der Waals surface area contributed by atoms with Crippen LogP contribution in [-0.4, -0.2) is 61.5 Å². The lowest BCUT2D eigenvalue weighted by molar-refractivity contribution is -0.000920. The van der Waals surface area contributed by atoms with Crippen molar-refractivity contribution in [3.63, 3.8) is 0 Å². The van der Waals surface area contributed by atoms with E-state index >= 15 is 0 Å². The Morgan fingerprint density at radius 1 is 1.20 bits per heavy atom. The monoisotopic (exact) mass is 426 g/mol. The van der Waals surface area contributed by atoms with Gasteiger partial charge in [0.2, 0.25) is 0 Å². The molecule has 0 spiro atoms. The Morgan fingerprint density at radius 2 is 2.03 bits per heavy atom. The summed E-state index contributed by atoms with van der Waals surface area (Å²) < 4.78 is 17.8. The first-order valence-corrected chi connectivity index (χ1v) is 12.0. The second-order valence-corrected chi connectivity index (χ2v) is 9.66. The molecule has 6 heteroatoms. The minimum absolute atomic E-state index is 0.293. The van der Waals surface area contributed by atoms with Gasteiger partial charge in [0, 0.05) is 36.1 Å². The number of terminal acetylenes is 1. The van der Waals surface area contributed by atoms with E-state index < -0.39 is 0 Å². The molecule has 0 N–H and O–H groups in total. The van der Waals surface area contributed by atoms with Gasteiger partial charge in [-0.05, 0) is 50.2 Å². The molecule has 2 aromatic heterocycles. The highest BCUT2D eigenvalue weighted by Gasteiger charge is 2.31. The van der Waals surface area contributed by atoms with Gasteiger partial charge in [0.1, 0.15) is 17.2 Å². The van der Waals surface area contributed by atoms with E-state index in [2.05, 4.69) is 21.9 Å². The van der Waals surface area contributed by atoms with E-state index in [0.29, 0.717) is 31.3 Å². The number of thiophene rings is 1. The van der Waals surface area contributed by atoms with Crippen LogP contribution >= 0.6 is 11.3 Å². The third-order valence-electron chi connectivity index (χ3n) is 6.80. The Labute approximate surface area is 182 Å². The smallest absolute Gasteiger partial charge is 0.131 e. The lowest BCUT2D eigenvalue weighted by Gasteiger charge is -2.38. The van der Waals surface area contributed by atoms with Crippen LogP contribution in [0.4, 0.5) is 0 Å². The average molecular weight is 427 g/mol. The number of rotatable bonds is 6. The first kappa shape index (κ1) is 20.3. The normalized spacial score (nSPS) is 27.1. The van der Waals surface area contributed by atoms with Gasteiger partial charge in [-0.1, -0.05) is 5.92 Å². The summed E-state index contributed by atoms with van der Waals surface area (Å²) in [6.45, 7) is 4.96. The fraction of sp³-hybridized carbons (Fsp3) is 0.625. The molecule has 0 aromatic carbocycles. The van der Waals surface area contributed by atoms with Gasteiger partial charge >= 0.3 is 0 Å². The largest absolute Gasteiger partial charge is 0.490 e. The van der Waals surface area contributed by atoms with E-state index in [4.69, 9.17) is 20.6 Å². The fourth-order valence-corrected chi connectivity index (χ4v) is 6.56. The zero-order chi connectivity index (χ0) is 20.3. The summed E-state index contributed by atoms with van der Waals surface area (Å²) >= 11 is 1.82. The molecular weight excluding hydrogens is 396 g/mol. The number of nitrogens with zero attached hydrogens (tertiary/aromatic N) is 2. The molecule has 5 nitrogen and oxygen atoms in total. The van der Waals surface area contributed by atoms with Crippen molar-refractivity contribution in [1.82, 2.24) is 9.88 Å². The number of fused-ring (bicyclic) bond motifs is 3. The number of ether oxygens (including phenoxy) is 3. The average Bonchev–Trinajstić information content (AvgIpc) is 3.35. The molecule has 1 atom stereocenters. The van der Waals surface area contributed by atoms with Crippen molar-refractivity contribution in [3.05, 3.63) is 22.7 Å². The second-order valence-electron chi connectivity index (χ2n) is 8.58. The quantitative estimate of drug-likeness (QED) is 0.516. The molecule has 0 unspecified atom stereocenters. The fourth-order valence-electron chi connectivity index (χ4n) is 5.30. The van der Waals surface area contributed by atoms with Gasteiger partial charge in [0.05, 0.1) is 31.3 Å². The van der Waals surface area contributed by atoms with Gasteiger partial charge in [-0.15, -0.1) is 17.8 Å². The number of hydrogen-bond acceptors (Lipinski definition) is 6. The maximum Gasteiger partial charge on any atom is 0.131 e. The van der Waals surface area contributed by atoms with E-state index in [9.17, 15) is 0 Å². The highest BCUT2D eigenvalue weighted by molar-refractivity contribution is 7.19. The maximum atomic E-state index is 6.61. The summed E-state index contributed by atoms with van der Waals surface area (Å²) in [6.07, 6.45) is 14.4. The molecule has 2 aromatic rings. The van der Waals surface area contributed by atoms with E-state index in [0.717, 1.165) is 62.6 Å². The van der Waals surface area contributed by atoms with Gasteiger partial charge in [-0.25, -0.2) is 4.98 Å². The minimum Gasteiger partial charge on any atom is -0.490 e. The van der Waals surface area contributed by atoms with Crippen molar-refractivity contribution >= 4 is 21.6 Å². The SMILES string of the molecule is C#CCOC[C@H]1CCc2sc3nccc(O[C@H]4CC[C@H](N5CCOCC5)CC4)c3c21. The van der Waals surface area contributed by atoms with Crippen molar-refractivity contribution < 1.29 is 14.2 Å². The molecule has 160 valence electrons. The Morgan fingerprint density at radius 3 is 2.83 bits per heavy atom. The summed E-state index contributed by atoms with van der Waals surface area (Å²) in [4.78, 5) is 9.80. The van der Waals surface area contributed by atoms with Crippen LogP contribution in [0.5, 0.6) is 5.75 Å². The third-order valence-corrected chi connectivity index (χ3v) is 7.97. The predicted octanol–water partition coefficient (Wildman–Crippen LogP) is 4.00. The van der Waals surface area contributed by atoms with E-state index in [1.165, 1.54) is 28.7 Å². The Kier molecular flexibility index (Phi) is 6.24. The molecule has 2 aliphatic carbocycles. The molecule has 1 saturated heterocycles. The topological polar surface area (TPSA) is 43.8 Å². The molecule has 0 bridgehead atoms. The zero-order valence-electron chi connectivity index (χ0n) is 17.5. The van der Waals surface area contributed by atoms with Crippen LogP contribution in [0.3, 0.4) is 0 Å². The maximum absolute atomic E-state index is 6.61. The molecule has 2 fully saturated rings. The molecule has 1 saturated carbocycles. The summed E-state index contributed by atoms with van der Waals surface area (Å²) in [5.41, 5.74) is 1.40. The van der Waals surface area contributed by atoms with Crippen molar-refractivity contribution in [2.75, 3.05) is 39.5 Å². The van der Waals surface area contributed by atoms with E-state index in [-0.39, 0.29) is 0 Å². The first-order chi connectivity index (χ1) is 14.8. The first-order valence-electron chi connectivity index (χ1n) is 11.2. The zero-order valence-corrected chi connectivity index (χ0v) is 18.3. The lowest BCUT2D eigenvalue weighted by Crippen LogP contribution is -2.46. The van der Waals surface area contributed by atoms with Gasteiger partial charge in [-0.2, -0.15) is 0 Å². The molecule has 5 rings (SSSR count). The molecule has 3 aliphatic rings. The number of morpholine rings is 1. The van der Waals surface area contributed by atoms with Gasteiger partial charge in [0.25, 0.3) is 0 Å². The van der Waals surface area contributed by atoms with Crippen molar-refractivity contribution in [2.45, 2.75) is 56.6 Å². The number of hydrogen-bond donors (Lipinski definition) is 0. The summed E-state index contributed by atoms with van der Waals surface area (Å²) in [7, 11) is 0. The van der Waals surface area contributed by atoms with E-state index in [1.54, 1.807) is 0 Å². The molecule has 1 aliphatic heterocycles.